The average Bonchev–Trinajstić information content (AvgIpc) is 2.55. The van der Waals surface area contributed by atoms with Crippen molar-refractivity contribution in [2.24, 2.45) is 0 Å². The van der Waals surface area contributed by atoms with Crippen molar-refractivity contribution < 1.29 is 9.15 Å². The molecule has 21 heavy (non-hydrogen) atoms. The number of methoxy groups -OCH3 is 1. The summed E-state index contributed by atoms with van der Waals surface area (Å²) in [7, 11) is 1.63. The van der Waals surface area contributed by atoms with E-state index in [2.05, 4.69) is 17.1 Å². The number of benzene rings is 1. The number of fused-ring (bicyclic) bond motifs is 1. The van der Waals surface area contributed by atoms with Gasteiger partial charge in [-0.1, -0.05) is 13.0 Å². The fourth-order valence-electron chi connectivity index (χ4n) is 2.95. The summed E-state index contributed by atoms with van der Waals surface area (Å²) in [6.07, 6.45) is 0.792. The predicted octanol–water partition coefficient (Wildman–Crippen LogP) is 1.77. The van der Waals surface area contributed by atoms with Gasteiger partial charge in [-0.2, -0.15) is 0 Å². The molecule has 1 aliphatic heterocycles. The second kappa shape index (κ2) is 5.77. The van der Waals surface area contributed by atoms with Crippen molar-refractivity contribution >= 4 is 16.7 Å². The fraction of sp³-hybridized carbons (Fsp3) is 0.438. The van der Waals surface area contributed by atoms with E-state index in [1.54, 1.807) is 13.2 Å². The van der Waals surface area contributed by atoms with E-state index in [0.717, 1.165) is 49.3 Å². The molecule has 112 valence electrons. The molecule has 1 N–H and O–H groups in total. The Bertz CT molecular complexity index is 702. The van der Waals surface area contributed by atoms with Gasteiger partial charge in [-0.3, -0.25) is 0 Å². The SMILES string of the molecule is CCc1c(N2CCNCC2)oc(=O)c2cccc(OC)c12. The van der Waals surface area contributed by atoms with Gasteiger partial charge in [-0.05, 0) is 18.6 Å². The molecular formula is C16H20N2O3. The number of rotatable bonds is 3. The predicted molar refractivity (Wildman–Crippen MR) is 83.5 cm³/mol. The molecule has 0 radical (unpaired) electrons. The van der Waals surface area contributed by atoms with Crippen LogP contribution in [0, 0.1) is 0 Å². The third-order valence-electron chi connectivity index (χ3n) is 3.97. The highest BCUT2D eigenvalue weighted by molar-refractivity contribution is 5.92. The maximum atomic E-state index is 12.3. The van der Waals surface area contributed by atoms with Crippen LogP contribution >= 0.6 is 0 Å². The lowest BCUT2D eigenvalue weighted by atomic mass is 10.0. The van der Waals surface area contributed by atoms with Crippen LogP contribution in [0.1, 0.15) is 12.5 Å². The fourth-order valence-corrected chi connectivity index (χ4v) is 2.95. The summed E-state index contributed by atoms with van der Waals surface area (Å²) in [5.41, 5.74) is 0.749. The second-order valence-electron chi connectivity index (χ2n) is 5.15. The highest BCUT2D eigenvalue weighted by Gasteiger charge is 2.21. The molecule has 0 spiro atoms. The zero-order valence-electron chi connectivity index (χ0n) is 12.4. The highest BCUT2D eigenvalue weighted by Crippen LogP contribution is 2.33. The second-order valence-corrected chi connectivity index (χ2v) is 5.15. The Morgan fingerprint density at radius 1 is 1.33 bits per heavy atom. The van der Waals surface area contributed by atoms with Gasteiger partial charge < -0.3 is 19.4 Å². The summed E-state index contributed by atoms with van der Waals surface area (Å²) in [6, 6.07) is 5.51. The van der Waals surface area contributed by atoms with Gasteiger partial charge in [0.1, 0.15) is 5.75 Å². The number of anilines is 1. The van der Waals surface area contributed by atoms with Gasteiger partial charge in [0.25, 0.3) is 0 Å². The van der Waals surface area contributed by atoms with Crippen molar-refractivity contribution in [3.05, 3.63) is 34.2 Å². The molecule has 1 aromatic carbocycles. The minimum atomic E-state index is -0.297. The molecule has 0 unspecified atom stereocenters. The van der Waals surface area contributed by atoms with Gasteiger partial charge in [-0.25, -0.2) is 4.79 Å². The Kier molecular flexibility index (Phi) is 3.84. The van der Waals surface area contributed by atoms with Gasteiger partial charge in [0.15, 0.2) is 0 Å². The number of nitrogens with one attached hydrogen (secondary N) is 1. The van der Waals surface area contributed by atoms with Crippen molar-refractivity contribution in [3.63, 3.8) is 0 Å². The van der Waals surface area contributed by atoms with E-state index in [4.69, 9.17) is 9.15 Å². The molecule has 5 heteroatoms. The standard InChI is InChI=1S/C16H20N2O3/c1-3-11-14-12(5-4-6-13(14)20-2)16(19)21-15(11)18-9-7-17-8-10-18/h4-6,17H,3,7-10H2,1-2H3. The van der Waals surface area contributed by atoms with Crippen LogP contribution in [0.3, 0.4) is 0 Å². The van der Waals surface area contributed by atoms with Crippen LogP contribution in [0.25, 0.3) is 10.8 Å². The zero-order chi connectivity index (χ0) is 14.8. The summed E-state index contributed by atoms with van der Waals surface area (Å²) in [5, 5.41) is 4.78. The monoisotopic (exact) mass is 288 g/mol. The summed E-state index contributed by atoms with van der Waals surface area (Å²) in [4.78, 5) is 14.5. The number of aryl methyl sites for hydroxylation is 1. The largest absolute Gasteiger partial charge is 0.496 e. The molecule has 2 aromatic rings. The van der Waals surface area contributed by atoms with E-state index in [9.17, 15) is 4.79 Å². The van der Waals surface area contributed by atoms with E-state index in [0.29, 0.717) is 11.3 Å². The van der Waals surface area contributed by atoms with E-state index < -0.39 is 0 Å². The van der Waals surface area contributed by atoms with Crippen LogP contribution in [0.4, 0.5) is 5.88 Å². The highest BCUT2D eigenvalue weighted by atomic mass is 16.5. The van der Waals surface area contributed by atoms with Crippen LogP contribution < -0.4 is 20.6 Å². The quantitative estimate of drug-likeness (QED) is 0.933. The first-order chi connectivity index (χ1) is 10.3. The molecule has 5 nitrogen and oxygen atoms in total. The van der Waals surface area contributed by atoms with Crippen molar-refractivity contribution in [1.82, 2.24) is 5.32 Å². The molecular weight excluding hydrogens is 268 g/mol. The minimum Gasteiger partial charge on any atom is -0.496 e. The van der Waals surface area contributed by atoms with Crippen molar-refractivity contribution in [3.8, 4) is 5.75 Å². The average molecular weight is 288 g/mol. The summed E-state index contributed by atoms with van der Waals surface area (Å²) >= 11 is 0. The summed E-state index contributed by atoms with van der Waals surface area (Å²) < 4.78 is 11.1. The molecule has 1 saturated heterocycles. The first-order valence-corrected chi connectivity index (χ1v) is 7.34. The molecule has 2 heterocycles. The Hall–Kier alpha value is -2.01. The van der Waals surface area contributed by atoms with Crippen LogP contribution in [-0.4, -0.2) is 33.3 Å². The van der Waals surface area contributed by atoms with E-state index in [1.165, 1.54) is 0 Å². The van der Waals surface area contributed by atoms with Crippen LogP contribution in [0.2, 0.25) is 0 Å². The number of hydrogen-bond acceptors (Lipinski definition) is 5. The molecule has 3 rings (SSSR count). The molecule has 0 atom stereocenters. The third kappa shape index (κ3) is 2.38. The van der Waals surface area contributed by atoms with E-state index >= 15 is 0 Å². The summed E-state index contributed by atoms with van der Waals surface area (Å²) in [5.74, 6) is 1.43. The Morgan fingerprint density at radius 3 is 2.76 bits per heavy atom. The topological polar surface area (TPSA) is 54.7 Å². The van der Waals surface area contributed by atoms with Crippen molar-refractivity contribution in [2.45, 2.75) is 13.3 Å². The van der Waals surface area contributed by atoms with Gasteiger partial charge in [-0.15, -0.1) is 0 Å². The molecule has 0 aliphatic carbocycles. The maximum absolute atomic E-state index is 12.3. The number of piperazine rings is 1. The van der Waals surface area contributed by atoms with Gasteiger partial charge in [0.2, 0.25) is 5.88 Å². The molecule has 1 aliphatic rings. The Balaban J connectivity index is 2.27. The maximum Gasteiger partial charge on any atom is 0.345 e. The van der Waals surface area contributed by atoms with Crippen LogP contribution in [0.5, 0.6) is 5.75 Å². The number of hydrogen-bond donors (Lipinski definition) is 1. The van der Waals surface area contributed by atoms with Gasteiger partial charge in [0, 0.05) is 37.1 Å². The van der Waals surface area contributed by atoms with Crippen molar-refractivity contribution in [2.75, 3.05) is 38.2 Å². The van der Waals surface area contributed by atoms with E-state index in [1.807, 2.05) is 12.1 Å². The number of nitrogens with zero attached hydrogens (tertiary/aromatic N) is 1. The lowest BCUT2D eigenvalue weighted by molar-refractivity contribution is 0.418. The zero-order valence-corrected chi connectivity index (χ0v) is 12.4. The molecule has 1 aromatic heterocycles. The number of ether oxygens (including phenoxy) is 1. The summed E-state index contributed by atoms with van der Waals surface area (Å²) in [6.45, 7) is 5.56. The van der Waals surface area contributed by atoms with Crippen LogP contribution in [-0.2, 0) is 6.42 Å². The van der Waals surface area contributed by atoms with Crippen molar-refractivity contribution in [1.29, 1.82) is 0 Å². The minimum absolute atomic E-state index is 0.297. The first kappa shape index (κ1) is 13.9. The van der Waals surface area contributed by atoms with E-state index in [-0.39, 0.29) is 5.63 Å². The lowest BCUT2D eigenvalue weighted by Crippen LogP contribution is -2.44. The van der Waals surface area contributed by atoms with Gasteiger partial charge in [0.05, 0.1) is 12.5 Å². The first-order valence-electron chi connectivity index (χ1n) is 7.34. The smallest absolute Gasteiger partial charge is 0.345 e. The van der Waals surface area contributed by atoms with Gasteiger partial charge >= 0.3 is 5.63 Å². The van der Waals surface area contributed by atoms with Crippen LogP contribution in [0.15, 0.2) is 27.4 Å². The lowest BCUT2D eigenvalue weighted by Gasteiger charge is -2.29. The Labute approximate surface area is 123 Å². The molecule has 0 saturated carbocycles. The normalized spacial score (nSPS) is 15.4. The Morgan fingerprint density at radius 2 is 2.10 bits per heavy atom. The molecule has 0 bridgehead atoms. The third-order valence-corrected chi connectivity index (χ3v) is 3.97. The molecule has 1 fully saturated rings. The molecule has 0 amide bonds.